The molecule has 13 heavy (non-hydrogen) atoms. The molecule has 1 aliphatic heterocycles. The number of hydrogen-bond donors (Lipinski definition) is 1. The van der Waals surface area contributed by atoms with Crippen LogP contribution in [-0.2, 0) is 9.53 Å². The molecule has 0 saturated carbocycles. The van der Waals surface area contributed by atoms with Crippen LogP contribution >= 0.6 is 0 Å². The Kier molecular flexibility index (Phi) is 2.96. The standard InChI is InChI=1S/C10H18O3/c1-7(9(11)12)8-4-5-13-6-10(8,2)3/h7-8H,4-6H2,1-3H3,(H,11,12). The SMILES string of the molecule is CC(C(=O)O)C1CCOCC1(C)C. The van der Waals surface area contributed by atoms with Gasteiger partial charge in [-0.05, 0) is 17.8 Å². The largest absolute Gasteiger partial charge is 0.481 e. The van der Waals surface area contributed by atoms with E-state index in [1.807, 2.05) is 0 Å². The van der Waals surface area contributed by atoms with E-state index in [-0.39, 0.29) is 17.3 Å². The first kappa shape index (κ1) is 10.5. The quantitative estimate of drug-likeness (QED) is 0.715. The minimum Gasteiger partial charge on any atom is -0.481 e. The smallest absolute Gasteiger partial charge is 0.306 e. The third-order valence-electron chi connectivity index (χ3n) is 3.04. The van der Waals surface area contributed by atoms with Gasteiger partial charge in [0.15, 0.2) is 0 Å². The Bertz CT molecular complexity index is 198. The summed E-state index contributed by atoms with van der Waals surface area (Å²) < 4.78 is 5.35. The molecule has 3 nitrogen and oxygen atoms in total. The first-order valence-corrected chi connectivity index (χ1v) is 4.75. The summed E-state index contributed by atoms with van der Waals surface area (Å²) in [6.07, 6.45) is 0.862. The predicted octanol–water partition coefficient (Wildman–Crippen LogP) is 1.77. The Hall–Kier alpha value is -0.570. The van der Waals surface area contributed by atoms with Gasteiger partial charge in [-0.25, -0.2) is 0 Å². The molecule has 1 saturated heterocycles. The van der Waals surface area contributed by atoms with E-state index in [4.69, 9.17) is 9.84 Å². The van der Waals surface area contributed by atoms with Gasteiger partial charge in [0.05, 0.1) is 12.5 Å². The summed E-state index contributed by atoms with van der Waals surface area (Å²) in [6, 6.07) is 0. The highest BCUT2D eigenvalue weighted by Crippen LogP contribution is 2.38. The second-order valence-electron chi connectivity index (χ2n) is 4.56. The number of hydrogen-bond acceptors (Lipinski definition) is 2. The highest BCUT2D eigenvalue weighted by atomic mass is 16.5. The van der Waals surface area contributed by atoms with Crippen LogP contribution in [0.5, 0.6) is 0 Å². The Balaban J connectivity index is 2.70. The Morgan fingerprint density at radius 3 is 2.69 bits per heavy atom. The molecule has 1 fully saturated rings. The minimum absolute atomic E-state index is 0.00391. The molecule has 1 rings (SSSR count). The zero-order chi connectivity index (χ0) is 10.1. The Morgan fingerprint density at radius 1 is 1.62 bits per heavy atom. The summed E-state index contributed by atoms with van der Waals surface area (Å²) in [5, 5.41) is 8.93. The highest BCUT2D eigenvalue weighted by Gasteiger charge is 2.39. The molecule has 0 aromatic carbocycles. The van der Waals surface area contributed by atoms with Gasteiger partial charge in [0.25, 0.3) is 0 Å². The maximum Gasteiger partial charge on any atom is 0.306 e. The van der Waals surface area contributed by atoms with Gasteiger partial charge in [-0.3, -0.25) is 4.79 Å². The molecule has 1 heterocycles. The maximum atomic E-state index is 10.8. The molecule has 0 amide bonds. The van der Waals surface area contributed by atoms with Gasteiger partial charge in [0.1, 0.15) is 0 Å². The van der Waals surface area contributed by atoms with Gasteiger partial charge < -0.3 is 9.84 Å². The van der Waals surface area contributed by atoms with Crippen LogP contribution in [0.1, 0.15) is 27.2 Å². The molecular weight excluding hydrogens is 168 g/mol. The second kappa shape index (κ2) is 3.66. The average Bonchev–Trinajstić information content (AvgIpc) is 2.02. The van der Waals surface area contributed by atoms with Crippen molar-refractivity contribution in [1.29, 1.82) is 0 Å². The monoisotopic (exact) mass is 186 g/mol. The van der Waals surface area contributed by atoms with Gasteiger partial charge in [-0.15, -0.1) is 0 Å². The van der Waals surface area contributed by atoms with Gasteiger partial charge in [-0.1, -0.05) is 20.8 Å². The molecule has 0 spiro atoms. The molecule has 76 valence electrons. The van der Waals surface area contributed by atoms with E-state index < -0.39 is 5.97 Å². The first-order valence-electron chi connectivity index (χ1n) is 4.75. The fourth-order valence-electron chi connectivity index (χ4n) is 2.14. The summed E-state index contributed by atoms with van der Waals surface area (Å²) >= 11 is 0. The van der Waals surface area contributed by atoms with Crippen molar-refractivity contribution in [2.45, 2.75) is 27.2 Å². The second-order valence-corrected chi connectivity index (χ2v) is 4.56. The van der Waals surface area contributed by atoms with Crippen molar-refractivity contribution in [3.8, 4) is 0 Å². The number of rotatable bonds is 2. The molecule has 2 unspecified atom stereocenters. The summed E-state index contributed by atoms with van der Waals surface area (Å²) in [7, 11) is 0. The molecule has 1 aliphatic rings. The van der Waals surface area contributed by atoms with Crippen LogP contribution in [0.25, 0.3) is 0 Å². The summed E-state index contributed by atoms with van der Waals surface area (Å²) in [5.41, 5.74) is -0.00391. The molecule has 1 N–H and O–H groups in total. The molecule has 0 aliphatic carbocycles. The summed E-state index contributed by atoms with van der Waals surface area (Å²) in [5.74, 6) is -0.724. The molecular formula is C10H18O3. The van der Waals surface area contributed by atoms with E-state index in [9.17, 15) is 4.79 Å². The molecule has 0 aromatic heterocycles. The van der Waals surface area contributed by atoms with Crippen LogP contribution in [0.4, 0.5) is 0 Å². The van der Waals surface area contributed by atoms with Crippen molar-refractivity contribution in [3.05, 3.63) is 0 Å². The van der Waals surface area contributed by atoms with Crippen molar-refractivity contribution in [3.63, 3.8) is 0 Å². The molecule has 0 radical (unpaired) electrons. The lowest BCUT2D eigenvalue weighted by molar-refractivity contribution is -0.148. The average molecular weight is 186 g/mol. The van der Waals surface area contributed by atoms with E-state index >= 15 is 0 Å². The van der Waals surface area contributed by atoms with Crippen molar-refractivity contribution in [2.24, 2.45) is 17.3 Å². The normalized spacial score (nSPS) is 29.6. The topological polar surface area (TPSA) is 46.5 Å². The highest BCUT2D eigenvalue weighted by molar-refractivity contribution is 5.70. The third kappa shape index (κ3) is 2.21. The number of carbonyl (C=O) groups is 1. The maximum absolute atomic E-state index is 10.8. The van der Waals surface area contributed by atoms with Crippen molar-refractivity contribution < 1.29 is 14.6 Å². The van der Waals surface area contributed by atoms with E-state index in [2.05, 4.69) is 13.8 Å². The Labute approximate surface area is 79.1 Å². The molecule has 0 bridgehead atoms. The van der Waals surface area contributed by atoms with Gasteiger partial charge >= 0.3 is 5.97 Å². The summed E-state index contributed by atoms with van der Waals surface area (Å²) in [6.45, 7) is 7.33. The molecule has 3 heteroatoms. The minimum atomic E-state index is -0.694. The zero-order valence-corrected chi connectivity index (χ0v) is 8.54. The number of carboxylic acids is 1. The van der Waals surface area contributed by atoms with Crippen LogP contribution in [0, 0.1) is 17.3 Å². The lowest BCUT2D eigenvalue weighted by atomic mass is 9.70. The molecule has 0 aromatic rings. The van der Waals surface area contributed by atoms with Gasteiger partial charge in [0.2, 0.25) is 0 Å². The lowest BCUT2D eigenvalue weighted by Crippen LogP contribution is -2.41. The van der Waals surface area contributed by atoms with E-state index in [0.29, 0.717) is 13.2 Å². The van der Waals surface area contributed by atoms with Crippen molar-refractivity contribution in [1.82, 2.24) is 0 Å². The fraction of sp³-hybridized carbons (Fsp3) is 0.900. The van der Waals surface area contributed by atoms with Crippen LogP contribution in [0.2, 0.25) is 0 Å². The number of ether oxygens (including phenoxy) is 1. The number of aliphatic carboxylic acids is 1. The van der Waals surface area contributed by atoms with Crippen LogP contribution < -0.4 is 0 Å². The lowest BCUT2D eigenvalue weighted by Gasteiger charge is -2.40. The van der Waals surface area contributed by atoms with E-state index in [1.54, 1.807) is 6.92 Å². The van der Waals surface area contributed by atoms with Crippen LogP contribution in [0.3, 0.4) is 0 Å². The first-order chi connectivity index (χ1) is 5.95. The van der Waals surface area contributed by atoms with E-state index in [1.165, 1.54) is 0 Å². The van der Waals surface area contributed by atoms with Gasteiger partial charge in [0, 0.05) is 6.61 Å². The Morgan fingerprint density at radius 2 is 2.23 bits per heavy atom. The van der Waals surface area contributed by atoms with Crippen molar-refractivity contribution >= 4 is 5.97 Å². The molecule has 2 atom stereocenters. The third-order valence-corrected chi connectivity index (χ3v) is 3.04. The van der Waals surface area contributed by atoms with Crippen molar-refractivity contribution in [2.75, 3.05) is 13.2 Å². The van der Waals surface area contributed by atoms with Crippen LogP contribution in [-0.4, -0.2) is 24.3 Å². The zero-order valence-electron chi connectivity index (χ0n) is 8.54. The summed E-state index contributed by atoms with van der Waals surface area (Å²) in [4.78, 5) is 10.8. The predicted molar refractivity (Wildman–Crippen MR) is 49.5 cm³/mol. The van der Waals surface area contributed by atoms with E-state index in [0.717, 1.165) is 6.42 Å². The van der Waals surface area contributed by atoms with Gasteiger partial charge in [-0.2, -0.15) is 0 Å². The fourth-order valence-corrected chi connectivity index (χ4v) is 2.14. The number of carboxylic acid groups (broad SMARTS) is 1. The van der Waals surface area contributed by atoms with Crippen LogP contribution in [0.15, 0.2) is 0 Å².